The molecular weight excluding hydrogens is 274 g/mol. The molecule has 0 radical (unpaired) electrons. The summed E-state index contributed by atoms with van der Waals surface area (Å²) in [5.41, 5.74) is -0.983. The third-order valence-corrected chi connectivity index (χ3v) is 2.94. The number of anilines is 1. The number of amides is 1. The van der Waals surface area contributed by atoms with Crippen LogP contribution in [-0.2, 0) is 10.3 Å². The molecule has 0 aromatic carbocycles. The summed E-state index contributed by atoms with van der Waals surface area (Å²) in [6, 6.07) is 3.01. The molecule has 0 bridgehead atoms. The SMILES string of the molecule is Cc1nccc(C(=O)Nc2ccn(C(C)(C)C(=O)O)n2)n1. The minimum atomic E-state index is -1.20. The van der Waals surface area contributed by atoms with Crippen LogP contribution in [0.1, 0.15) is 30.2 Å². The Kier molecular flexibility index (Phi) is 3.70. The average Bonchev–Trinajstić information content (AvgIpc) is 2.87. The lowest BCUT2D eigenvalue weighted by Gasteiger charge is -2.19. The number of aromatic nitrogens is 4. The fourth-order valence-electron chi connectivity index (χ4n) is 1.56. The molecule has 2 N–H and O–H groups in total. The maximum Gasteiger partial charge on any atom is 0.331 e. The summed E-state index contributed by atoms with van der Waals surface area (Å²) >= 11 is 0. The minimum absolute atomic E-state index is 0.217. The van der Waals surface area contributed by atoms with Crippen LogP contribution in [0.5, 0.6) is 0 Å². The summed E-state index contributed by atoms with van der Waals surface area (Å²) in [5, 5.41) is 15.7. The summed E-state index contributed by atoms with van der Waals surface area (Å²) in [6.45, 7) is 4.71. The van der Waals surface area contributed by atoms with Gasteiger partial charge in [-0.1, -0.05) is 0 Å². The van der Waals surface area contributed by atoms with Crippen LogP contribution in [0.4, 0.5) is 5.82 Å². The van der Waals surface area contributed by atoms with Gasteiger partial charge in [-0.25, -0.2) is 14.8 Å². The zero-order valence-electron chi connectivity index (χ0n) is 11.9. The Morgan fingerprint density at radius 1 is 1.33 bits per heavy atom. The van der Waals surface area contributed by atoms with Gasteiger partial charge < -0.3 is 10.4 Å². The van der Waals surface area contributed by atoms with Crippen molar-refractivity contribution in [1.29, 1.82) is 0 Å². The first-order chi connectivity index (χ1) is 9.80. The number of rotatable bonds is 4. The number of hydrogen-bond acceptors (Lipinski definition) is 5. The van der Waals surface area contributed by atoms with Gasteiger partial charge in [-0.05, 0) is 26.8 Å². The molecule has 2 aromatic rings. The lowest BCUT2D eigenvalue weighted by Crippen LogP contribution is -2.36. The largest absolute Gasteiger partial charge is 0.479 e. The molecule has 0 aliphatic heterocycles. The van der Waals surface area contributed by atoms with E-state index in [0.717, 1.165) is 0 Å². The zero-order chi connectivity index (χ0) is 15.6. The quantitative estimate of drug-likeness (QED) is 0.870. The number of carbonyl (C=O) groups excluding carboxylic acids is 1. The predicted octanol–water partition coefficient (Wildman–Crippen LogP) is 1.05. The van der Waals surface area contributed by atoms with Crippen molar-refractivity contribution in [2.75, 3.05) is 5.32 Å². The molecule has 1 amide bonds. The summed E-state index contributed by atoms with van der Waals surface area (Å²) in [4.78, 5) is 31.0. The maximum absolute atomic E-state index is 12.0. The molecule has 2 rings (SSSR count). The highest BCUT2D eigenvalue weighted by Gasteiger charge is 2.30. The molecule has 0 saturated heterocycles. The van der Waals surface area contributed by atoms with E-state index >= 15 is 0 Å². The Labute approximate surface area is 120 Å². The lowest BCUT2D eigenvalue weighted by atomic mass is 10.1. The second-order valence-corrected chi connectivity index (χ2v) is 4.95. The van der Waals surface area contributed by atoms with Gasteiger partial charge in [0.2, 0.25) is 0 Å². The van der Waals surface area contributed by atoms with Crippen LogP contribution in [0.15, 0.2) is 24.5 Å². The summed E-state index contributed by atoms with van der Waals surface area (Å²) in [5.74, 6) is -0.709. The van der Waals surface area contributed by atoms with E-state index in [1.807, 2.05) is 0 Å². The van der Waals surface area contributed by atoms with Crippen LogP contribution in [0.2, 0.25) is 0 Å². The van der Waals surface area contributed by atoms with E-state index in [0.29, 0.717) is 5.82 Å². The van der Waals surface area contributed by atoms with E-state index in [9.17, 15) is 9.59 Å². The van der Waals surface area contributed by atoms with E-state index in [-0.39, 0.29) is 11.5 Å². The van der Waals surface area contributed by atoms with Crippen LogP contribution in [-0.4, -0.2) is 36.7 Å². The molecule has 0 fully saturated rings. The number of carboxylic acid groups (broad SMARTS) is 1. The molecule has 8 heteroatoms. The molecule has 2 heterocycles. The van der Waals surface area contributed by atoms with Crippen molar-refractivity contribution in [1.82, 2.24) is 19.7 Å². The molecular formula is C13H15N5O3. The van der Waals surface area contributed by atoms with Crippen molar-refractivity contribution in [3.8, 4) is 0 Å². The van der Waals surface area contributed by atoms with E-state index in [1.165, 1.54) is 43.1 Å². The first-order valence-corrected chi connectivity index (χ1v) is 6.21. The lowest BCUT2D eigenvalue weighted by molar-refractivity contribution is -0.146. The van der Waals surface area contributed by atoms with Gasteiger partial charge in [-0.3, -0.25) is 9.48 Å². The van der Waals surface area contributed by atoms with Crippen molar-refractivity contribution < 1.29 is 14.7 Å². The van der Waals surface area contributed by atoms with Gasteiger partial charge in [0.25, 0.3) is 5.91 Å². The van der Waals surface area contributed by atoms with Gasteiger partial charge in [0.1, 0.15) is 11.5 Å². The Balaban J connectivity index is 2.16. The van der Waals surface area contributed by atoms with E-state index in [1.54, 1.807) is 6.92 Å². The smallest absolute Gasteiger partial charge is 0.331 e. The van der Waals surface area contributed by atoms with Crippen LogP contribution in [0, 0.1) is 6.92 Å². The standard InChI is InChI=1S/C13H15N5O3/c1-8-14-6-4-9(15-8)11(19)16-10-5-7-18(17-10)13(2,3)12(20)21/h4-7H,1-3H3,(H,20,21)(H,16,17,19). The topological polar surface area (TPSA) is 110 Å². The summed E-state index contributed by atoms with van der Waals surface area (Å²) in [6.07, 6.45) is 2.98. The number of carbonyl (C=O) groups is 2. The number of nitrogens with zero attached hydrogens (tertiary/aromatic N) is 4. The van der Waals surface area contributed by atoms with Gasteiger partial charge in [0.15, 0.2) is 11.4 Å². The van der Waals surface area contributed by atoms with Gasteiger partial charge in [-0.15, -0.1) is 0 Å². The Morgan fingerprint density at radius 2 is 2.05 bits per heavy atom. The zero-order valence-corrected chi connectivity index (χ0v) is 11.9. The number of nitrogens with one attached hydrogen (secondary N) is 1. The highest BCUT2D eigenvalue weighted by atomic mass is 16.4. The van der Waals surface area contributed by atoms with Crippen molar-refractivity contribution >= 4 is 17.7 Å². The fraction of sp³-hybridized carbons (Fsp3) is 0.308. The first kappa shape index (κ1) is 14.6. The molecule has 0 atom stereocenters. The monoisotopic (exact) mass is 289 g/mol. The van der Waals surface area contributed by atoms with Crippen LogP contribution in [0.25, 0.3) is 0 Å². The highest BCUT2D eigenvalue weighted by Crippen LogP contribution is 2.16. The highest BCUT2D eigenvalue weighted by molar-refractivity contribution is 6.02. The van der Waals surface area contributed by atoms with Crippen LogP contribution in [0.3, 0.4) is 0 Å². The molecule has 0 unspecified atom stereocenters. The Morgan fingerprint density at radius 3 is 2.67 bits per heavy atom. The fourth-order valence-corrected chi connectivity index (χ4v) is 1.56. The average molecular weight is 289 g/mol. The van der Waals surface area contributed by atoms with Crippen molar-refractivity contribution in [3.05, 3.63) is 36.0 Å². The van der Waals surface area contributed by atoms with Crippen LogP contribution >= 0.6 is 0 Å². The first-order valence-electron chi connectivity index (χ1n) is 6.21. The Bertz CT molecular complexity index is 693. The molecule has 110 valence electrons. The second kappa shape index (κ2) is 5.31. The molecule has 0 saturated carbocycles. The third kappa shape index (κ3) is 3.04. The predicted molar refractivity (Wildman–Crippen MR) is 73.9 cm³/mol. The van der Waals surface area contributed by atoms with Crippen molar-refractivity contribution in [2.45, 2.75) is 26.3 Å². The minimum Gasteiger partial charge on any atom is -0.479 e. The number of aryl methyl sites for hydroxylation is 1. The molecule has 2 aromatic heterocycles. The van der Waals surface area contributed by atoms with E-state index in [2.05, 4.69) is 20.4 Å². The second-order valence-electron chi connectivity index (χ2n) is 4.95. The third-order valence-electron chi connectivity index (χ3n) is 2.94. The van der Waals surface area contributed by atoms with Gasteiger partial charge in [0, 0.05) is 18.5 Å². The normalized spacial score (nSPS) is 11.2. The van der Waals surface area contributed by atoms with E-state index in [4.69, 9.17) is 5.11 Å². The molecule has 8 nitrogen and oxygen atoms in total. The maximum atomic E-state index is 12.0. The summed E-state index contributed by atoms with van der Waals surface area (Å²) in [7, 11) is 0. The number of hydrogen-bond donors (Lipinski definition) is 2. The molecule has 0 aliphatic carbocycles. The van der Waals surface area contributed by atoms with Gasteiger partial charge in [0.05, 0.1) is 0 Å². The molecule has 21 heavy (non-hydrogen) atoms. The van der Waals surface area contributed by atoms with Gasteiger partial charge in [-0.2, -0.15) is 5.10 Å². The van der Waals surface area contributed by atoms with Gasteiger partial charge >= 0.3 is 5.97 Å². The van der Waals surface area contributed by atoms with Crippen molar-refractivity contribution in [3.63, 3.8) is 0 Å². The molecule has 0 aliphatic rings. The summed E-state index contributed by atoms with van der Waals surface area (Å²) < 4.78 is 1.27. The van der Waals surface area contributed by atoms with E-state index < -0.39 is 17.4 Å². The number of aliphatic carboxylic acids is 1. The van der Waals surface area contributed by atoms with Crippen molar-refractivity contribution in [2.24, 2.45) is 0 Å². The Hall–Kier alpha value is -2.77. The van der Waals surface area contributed by atoms with Crippen LogP contribution < -0.4 is 5.32 Å². The number of carboxylic acids is 1. The molecule has 0 spiro atoms.